The first-order chi connectivity index (χ1) is 9.06. The van der Waals surface area contributed by atoms with Crippen molar-refractivity contribution in [2.24, 2.45) is 28.2 Å². The van der Waals surface area contributed by atoms with E-state index in [0.29, 0.717) is 0 Å². The Kier molecular flexibility index (Phi) is 2.51. The van der Waals surface area contributed by atoms with Crippen molar-refractivity contribution in [3.63, 3.8) is 0 Å². The van der Waals surface area contributed by atoms with Crippen molar-refractivity contribution in [1.29, 1.82) is 0 Å². The molecule has 0 fully saturated rings. The summed E-state index contributed by atoms with van der Waals surface area (Å²) in [6.45, 7) is 0. The highest BCUT2D eigenvalue weighted by atomic mass is 15.3. The number of aryl methyl sites for hydroxylation is 4. The van der Waals surface area contributed by atoms with Gasteiger partial charge in [0.2, 0.25) is 0 Å². The van der Waals surface area contributed by atoms with Gasteiger partial charge < -0.3 is 0 Å². The normalized spacial score (nSPS) is 11.2. The first-order valence-electron chi connectivity index (χ1n) is 6.18. The van der Waals surface area contributed by atoms with Crippen LogP contribution in [0.3, 0.4) is 0 Å². The van der Waals surface area contributed by atoms with Gasteiger partial charge in [-0.2, -0.15) is 9.13 Å². The lowest BCUT2D eigenvalue weighted by molar-refractivity contribution is -0.676. The summed E-state index contributed by atoms with van der Waals surface area (Å²) in [6, 6.07) is 0. The molecule has 3 heterocycles. The largest absolute Gasteiger partial charge is 0.347 e. The fourth-order valence-electron chi connectivity index (χ4n) is 2.43. The van der Waals surface area contributed by atoms with E-state index in [9.17, 15) is 0 Å². The minimum absolute atomic E-state index is 1.12. The van der Waals surface area contributed by atoms with E-state index in [1.54, 1.807) is 0 Å². The smallest absolute Gasteiger partial charge is 0.239 e. The van der Waals surface area contributed by atoms with Gasteiger partial charge in [-0.3, -0.25) is 0 Å². The van der Waals surface area contributed by atoms with Gasteiger partial charge in [0.15, 0.2) is 6.33 Å². The first kappa shape index (κ1) is 11.7. The molecule has 0 amide bonds. The number of nitrogens with zero attached hydrogens (tertiary/aromatic N) is 6. The Morgan fingerprint density at radius 1 is 0.842 bits per heavy atom. The van der Waals surface area contributed by atoms with Crippen LogP contribution in [0.4, 0.5) is 0 Å². The van der Waals surface area contributed by atoms with Crippen LogP contribution in [-0.2, 0) is 28.2 Å². The van der Waals surface area contributed by atoms with Gasteiger partial charge in [0.05, 0.1) is 28.2 Å². The van der Waals surface area contributed by atoms with Crippen molar-refractivity contribution in [2.45, 2.75) is 0 Å². The molecule has 0 radical (unpaired) electrons. The van der Waals surface area contributed by atoms with Crippen LogP contribution < -0.4 is 13.7 Å². The van der Waals surface area contributed by atoms with Crippen LogP contribution in [0.2, 0.25) is 0 Å². The summed E-state index contributed by atoms with van der Waals surface area (Å²) < 4.78 is 12.5. The number of aromatic nitrogens is 6. The minimum Gasteiger partial charge on any atom is -0.239 e. The highest BCUT2D eigenvalue weighted by Crippen LogP contribution is 2.14. The third-order valence-corrected chi connectivity index (χ3v) is 3.24. The van der Waals surface area contributed by atoms with Gasteiger partial charge in [0.25, 0.3) is 12.7 Å². The average molecular weight is 259 g/mol. The average Bonchev–Trinajstić information content (AvgIpc) is 2.99. The Hall–Kier alpha value is -2.37. The summed E-state index contributed by atoms with van der Waals surface area (Å²) in [6.07, 6.45) is 14.4. The third kappa shape index (κ3) is 1.85. The Morgan fingerprint density at radius 2 is 1.42 bits per heavy atom. The van der Waals surface area contributed by atoms with Gasteiger partial charge in [-0.25, -0.2) is 18.3 Å². The molecule has 0 bridgehead atoms. The SMILES string of the molecule is Cn1c[n+](C)c(-n2cc[n+](C)c2)c1-n1cc[n+](C)c1. The molecule has 0 aliphatic heterocycles. The van der Waals surface area contributed by atoms with Crippen LogP contribution in [0.15, 0.2) is 43.8 Å². The molecule has 0 N–H and O–H groups in total. The van der Waals surface area contributed by atoms with E-state index in [1.807, 2.05) is 35.6 Å². The van der Waals surface area contributed by atoms with E-state index in [0.717, 1.165) is 11.6 Å². The van der Waals surface area contributed by atoms with Gasteiger partial charge >= 0.3 is 11.6 Å². The van der Waals surface area contributed by atoms with E-state index >= 15 is 0 Å². The van der Waals surface area contributed by atoms with Crippen LogP contribution in [0.25, 0.3) is 11.6 Å². The maximum Gasteiger partial charge on any atom is 0.347 e. The molecule has 6 nitrogen and oxygen atoms in total. The maximum atomic E-state index is 2.12. The Bertz CT molecular complexity index is 669. The maximum absolute atomic E-state index is 2.12. The molecule has 0 saturated heterocycles. The summed E-state index contributed by atoms with van der Waals surface area (Å²) in [5, 5.41) is 0. The van der Waals surface area contributed by atoms with Gasteiger partial charge in [-0.05, 0) is 0 Å². The Morgan fingerprint density at radius 3 is 1.95 bits per heavy atom. The fourth-order valence-corrected chi connectivity index (χ4v) is 2.43. The topological polar surface area (TPSA) is 26.4 Å². The lowest BCUT2D eigenvalue weighted by Crippen LogP contribution is -2.32. The minimum atomic E-state index is 1.12. The van der Waals surface area contributed by atoms with Crippen molar-refractivity contribution in [3.8, 4) is 11.6 Å². The fraction of sp³-hybridized carbons (Fsp3) is 0.308. The zero-order valence-corrected chi connectivity index (χ0v) is 11.7. The van der Waals surface area contributed by atoms with Crippen LogP contribution >= 0.6 is 0 Å². The summed E-state index contributed by atoms with van der Waals surface area (Å²) in [5.41, 5.74) is 0. The predicted octanol–water partition coefficient (Wildman–Crippen LogP) is -0.920. The molecular weight excluding hydrogens is 240 g/mol. The van der Waals surface area contributed by atoms with E-state index in [1.165, 1.54) is 0 Å². The molecule has 0 aromatic carbocycles. The zero-order valence-electron chi connectivity index (χ0n) is 11.7. The lowest BCUT2D eigenvalue weighted by Gasteiger charge is -1.95. The molecule has 0 aliphatic carbocycles. The molecule has 0 atom stereocenters. The zero-order chi connectivity index (χ0) is 13.6. The molecule has 19 heavy (non-hydrogen) atoms. The monoisotopic (exact) mass is 259 g/mol. The standard InChI is InChI=1S/C13H19N6/c1-14-5-7-18(9-14)12-13(17(4)11-16(12)3)19-8-6-15(2)10-19/h5-11H,1-4H3/q+3. The number of imidazole rings is 3. The number of hydrogen-bond acceptors (Lipinski definition) is 0. The van der Waals surface area contributed by atoms with Crippen LogP contribution in [-0.4, -0.2) is 13.7 Å². The summed E-state index contributed by atoms with van der Waals surface area (Å²) in [4.78, 5) is 0. The molecule has 6 heteroatoms. The molecule has 0 spiro atoms. The third-order valence-electron chi connectivity index (χ3n) is 3.24. The van der Waals surface area contributed by atoms with Crippen LogP contribution in [0.1, 0.15) is 0 Å². The van der Waals surface area contributed by atoms with Crippen molar-refractivity contribution in [1.82, 2.24) is 13.7 Å². The summed E-state index contributed by atoms with van der Waals surface area (Å²) in [5.74, 6) is 2.25. The molecule has 0 saturated carbocycles. The van der Waals surface area contributed by atoms with Gasteiger partial charge in [0, 0.05) is 0 Å². The molecule has 3 rings (SSSR count). The van der Waals surface area contributed by atoms with Crippen molar-refractivity contribution >= 4 is 0 Å². The Labute approximate surface area is 112 Å². The molecule has 98 valence electrons. The Balaban J connectivity index is 2.25. The molecule has 0 aliphatic rings. The molecule has 0 unspecified atom stereocenters. The lowest BCUT2D eigenvalue weighted by atomic mass is 10.5. The predicted molar refractivity (Wildman–Crippen MR) is 67.6 cm³/mol. The van der Waals surface area contributed by atoms with Gasteiger partial charge in [-0.15, -0.1) is 0 Å². The van der Waals surface area contributed by atoms with E-state index < -0.39 is 0 Å². The van der Waals surface area contributed by atoms with E-state index in [2.05, 4.69) is 63.7 Å². The molecular formula is C13H19N6+3. The quantitative estimate of drug-likeness (QED) is 0.532. The van der Waals surface area contributed by atoms with E-state index in [-0.39, 0.29) is 0 Å². The molecule has 3 aromatic rings. The van der Waals surface area contributed by atoms with E-state index in [4.69, 9.17) is 0 Å². The number of hydrogen-bond donors (Lipinski definition) is 0. The second-order valence-corrected chi connectivity index (χ2v) is 4.96. The second kappa shape index (κ2) is 4.08. The summed E-state index contributed by atoms with van der Waals surface area (Å²) >= 11 is 0. The van der Waals surface area contributed by atoms with Gasteiger partial charge in [0.1, 0.15) is 24.8 Å². The highest BCUT2D eigenvalue weighted by molar-refractivity contribution is 5.37. The van der Waals surface area contributed by atoms with Gasteiger partial charge in [-0.1, -0.05) is 0 Å². The van der Waals surface area contributed by atoms with Crippen molar-refractivity contribution in [3.05, 3.63) is 43.8 Å². The highest BCUT2D eigenvalue weighted by Gasteiger charge is 2.28. The first-order valence-corrected chi connectivity index (χ1v) is 6.18. The van der Waals surface area contributed by atoms with Crippen LogP contribution in [0, 0.1) is 0 Å². The summed E-state index contributed by atoms with van der Waals surface area (Å²) in [7, 11) is 8.16. The van der Waals surface area contributed by atoms with Crippen LogP contribution in [0.5, 0.6) is 0 Å². The second-order valence-electron chi connectivity index (χ2n) is 4.96. The molecule has 3 aromatic heterocycles. The number of rotatable bonds is 2. The van der Waals surface area contributed by atoms with Crippen molar-refractivity contribution < 1.29 is 13.7 Å². The van der Waals surface area contributed by atoms with Crippen molar-refractivity contribution in [2.75, 3.05) is 0 Å².